The van der Waals surface area contributed by atoms with Crippen LogP contribution in [0.3, 0.4) is 0 Å². The number of hydrogen-bond acceptors (Lipinski definition) is 9. The van der Waals surface area contributed by atoms with Crippen LogP contribution in [0, 0.1) is 13.7 Å². The van der Waals surface area contributed by atoms with Gasteiger partial charge in [0.15, 0.2) is 11.5 Å². The van der Waals surface area contributed by atoms with Crippen molar-refractivity contribution < 1.29 is 28.8 Å². The first-order valence-corrected chi connectivity index (χ1v) is 12.4. The van der Waals surface area contributed by atoms with E-state index in [0.717, 1.165) is 26.4 Å². The summed E-state index contributed by atoms with van der Waals surface area (Å²) in [4.78, 5) is 52.8. The second-order valence-electron chi connectivity index (χ2n) is 7.45. The first kappa shape index (κ1) is 26.1. The number of carbonyl (C=O) groups is 3. The number of nitrogens with one attached hydrogen (secondary N) is 1. The summed E-state index contributed by atoms with van der Waals surface area (Å²) in [5.74, 6) is -0.345. The molecule has 0 unspecified atom stereocenters. The molecule has 0 saturated carbocycles. The molecule has 11 nitrogen and oxygen atoms in total. The van der Waals surface area contributed by atoms with Crippen LogP contribution < -0.4 is 14.8 Å². The number of rotatable bonds is 8. The van der Waals surface area contributed by atoms with Crippen molar-refractivity contribution in [2.24, 2.45) is 0 Å². The number of amides is 3. The van der Waals surface area contributed by atoms with Crippen molar-refractivity contribution >= 4 is 68.9 Å². The second kappa shape index (κ2) is 11.4. The third kappa shape index (κ3) is 6.42. The van der Waals surface area contributed by atoms with E-state index < -0.39 is 28.5 Å². The fourth-order valence-electron chi connectivity index (χ4n) is 3.18. The van der Waals surface area contributed by atoms with E-state index in [1.165, 1.54) is 25.3 Å². The molecule has 188 valence electrons. The molecule has 1 saturated heterocycles. The molecular formula is C24H17IN4O7S. The van der Waals surface area contributed by atoms with Gasteiger partial charge in [0.2, 0.25) is 11.8 Å². The monoisotopic (exact) mass is 632 g/mol. The number of methoxy groups -OCH3 is 1. The molecule has 4 rings (SSSR count). The van der Waals surface area contributed by atoms with Crippen molar-refractivity contribution in [3.05, 3.63) is 84.9 Å². The van der Waals surface area contributed by atoms with Crippen molar-refractivity contribution in [1.82, 2.24) is 9.88 Å². The molecular weight excluding hydrogens is 615 g/mol. The lowest BCUT2D eigenvalue weighted by molar-refractivity contribution is -0.385. The zero-order valence-electron chi connectivity index (χ0n) is 19.0. The summed E-state index contributed by atoms with van der Waals surface area (Å²) in [6.07, 6.45) is 2.59. The summed E-state index contributed by atoms with van der Waals surface area (Å²) >= 11 is 2.87. The van der Waals surface area contributed by atoms with E-state index in [9.17, 15) is 24.5 Å². The Labute approximate surface area is 228 Å². The number of nitrogens with zero attached hydrogens (tertiary/aromatic N) is 3. The summed E-state index contributed by atoms with van der Waals surface area (Å²) in [7, 11) is 1.43. The fraction of sp³-hybridized carbons (Fsp3) is 0.0833. The molecule has 13 heteroatoms. The highest BCUT2D eigenvalue weighted by Gasteiger charge is 2.36. The van der Waals surface area contributed by atoms with Crippen LogP contribution in [0.1, 0.15) is 5.56 Å². The summed E-state index contributed by atoms with van der Waals surface area (Å²) in [6.45, 7) is -0.410. The highest BCUT2D eigenvalue weighted by Crippen LogP contribution is 2.36. The maximum atomic E-state index is 12.8. The predicted molar refractivity (Wildman–Crippen MR) is 144 cm³/mol. The number of carbonyl (C=O) groups excluding carboxylic acids is 3. The first-order chi connectivity index (χ1) is 17.7. The predicted octanol–water partition coefficient (Wildman–Crippen LogP) is 5.07. The molecule has 3 amide bonds. The van der Waals surface area contributed by atoms with Crippen LogP contribution in [0.4, 0.5) is 16.2 Å². The standard InChI is InChI=1S/C24H17IN4O7S/c1-35-19-10-14(2-8-18(19)36-22-9-7-17(12-26-22)29(33)34)11-20-23(31)28(24(32)37-20)13-21(30)27-16-5-3-15(25)4-6-16/h2-12H,13H2,1H3,(H,27,30)/b20-11+. The van der Waals surface area contributed by atoms with Crippen LogP contribution in [0.2, 0.25) is 0 Å². The second-order valence-corrected chi connectivity index (χ2v) is 9.69. The fourth-order valence-corrected chi connectivity index (χ4v) is 4.37. The lowest BCUT2D eigenvalue weighted by Gasteiger charge is -2.12. The molecule has 1 N–H and O–H groups in total. The number of ether oxygens (including phenoxy) is 2. The number of hydrogen-bond donors (Lipinski definition) is 1. The van der Waals surface area contributed by atoms with Gasteiger partial charge in [-0.1, -0.05) is 6.07 Å². The lowest BCUT2D eigenvalue weighted by atomic mass is 10.2. The molecule has 1 aliphatic heterocycles. The van der Waals surface area contributed by atoms with Gasteiger partial charge in [0, 0.05) is 21.4 Å². The molecule has 0 aliphatic carbocycles. The molecule has 37 heavy (non-hydrogen) atoms. The van der Waals surface area contributed by atoms with E-state index in [2.05, 4.69) is 32.9 Å². The number of halogens is 1. The molecule has 1 fully saturated rings. The van der Waals surface area contributed by atoms with E-state index in [1.54, 1.807) is 30.3 Å². The highest BCUT2D eigenvalue weighted by atomic mass is 127. The van der Waals surface area contributed by atoms with Crippen molar-refractivity contribution in [3.63, 3.8) is 0 Å². The van der Waals surface area contributed by atoms with Crippen LogP contribution in [0.5, 0.6) is 17.4 Å². The molecule has 1 aromatic heterocycles. The summed E-state index contributed by atoms with van der Waals surface area (Å²) in [5, 5.41) is 12.9. The maximum Gasteiger partial charge on any atom is 0.294 e. The Hall–Kier alpha value is -3.98. The van der Waals surface area contributed by atoms with E-state index in [1.807, 2.05) is 12.1 Å². The van der Waals surface area contributed by atoms with Crippen LogP contribution >= 0.6 is 34.4 Å². The van der Waals surface area contributed by atoms with Crippen molar-refractivity contribution in [3.8, 4) is 17.4 Å². The summed E-state index contributed by atoms with van der Waals surface area (Å²) < 4.78 is 12.0. The van der Waals surface area contributed by atoms with Crippen molar-refractivity contribution in [1.29, 1.82) is 0 Å². The number of thioether (sulfide) groups is 1. The molecule has 3 aromatic rings. The average Bonchev–Trinajstić information content (AvgIpc) is 3.13. The van der Waals surface area contributed by atoms with E-state index >= 15 is 0 Å². The van der Waals surface area contributed by atoms with Crippen molar-refractivity contribution in [2.75, 3.05) is 19.0 Å². The summed E-state index contributed by atoms with van der Waals surface area (Å²) in [5.41, 5.74) is 0.942. The van der Waals surface area contributed by atoms with Gasteiger partial charge in [0.05, 0.1) is 16.9 Å². The van der Waals surface area contributed by atoms with Crippen molar-refractivity contribution in [2.45, 2.75) is 0 Å². The number of benzene rings is 2. The minimum Gasteiger partial charge on any atom is -0.493 e. The molecule has 1 aliphatic rings. The normalized spacial score (nSPS) is 14.1. The Morgan fingerprint density at radius 2 is 1.92 bits per heavy atom. The van der Waals surface area contributed by atoms with Gasteiger partial charge in [-0.3, -0.25) is 29.4 Å². The summed E-state index contributed by atoms with van der Waals surface area (Å²) in [6, 6.07) is 14.5. The number of anilines is 1. The highest BCUT2D eigenvalue weighted by molar-refractivity contribution is 14.1. The minimum absolute atomic E-state index is 0.126. The number of aromatic nitrogens is 1. The van der Waals surface area contributed by atoms with Crippen LogP contribution in [0.25, 0.3) is 6.08 Å². The molecule has 0 atom stereocenters. The number of pyridine rings is 1. The van der Waals surface area contributed by atoms with E-state index in [-0.39, 0.29) is 16.5 Å². The maximum absolute atomic E-state index is 12.8. The smallest absolute Gasteiger partial charge is 0.294 e. The SMILES string of the molecule is COc1cc(/C=C2/SC(=O)N(CC(=O)Nc3ccc(I)cc3)C2=O)ccc1Oc1ccc([N+](=O)[O-])cn1. The van der Waals surface area contributed by atoms with Gasteiger partial charge in [-0.25, -0.2) is 4.98 Å². The zero-order chi connectivity index (χ0) is 26.5. The van der Waals surface area contributed by atoms with E-state index in [4.69, 9.17) is 9.47 Å². The third-order valence-corrected chi connectivity index (χ3v) is 6.56. The van der Waals surface area contributed by atoms with Gasteiger partial charge < -0.3 is 14.8 Å². The van der Waals surface area contributed by atoms with Crippen LogP contribution in [-0.2, 0) is 9.59 Å². The topological polar surface area (TPSA) is 141 Å². The molecule has 2 aromatic carbocycles. The van der Waals surface area contributed by atoms with E-state index in [0.29, 0.717) is 22.7 Å². The van der Waals surface area contributed by atoms with Gasteiger partial charge in [0.1, 0.15) is 12.7 Å². The quantitative estimate of drug-likeness (QED) is 0.156. The lowest BCUT2D eigenvalue weighted by Crippen LogP contribution is -2.36. The first-order valence-electron chi connectivity index (χ1n) is 10.5. The Bertz CT molecular complexity index is 1410. The van der Waals surface area contributed by atoms with Gasteiger partial charge in [-0.15, -0.1) is 0 Å². The van der Waals surface area contributed by atoms with Gasteiger partial charge in [0.25, 0.3) is 16.8 Å². The van der Waals surface area contributed by atoms with Gasteiger partial charge in [-0.2, -0.15) is 0 Å². The Balaban J connectivity index is 1.45. The molecule has 0 spiro atoms. The van der Waals surface area contributed by atoms with Gasteiger partial charge in [-0.05, 0) is 82.4 Å². The minimum atomic E-state index is -0.581. The van der Waals surface area contributed by atoms with Gasteiger partial charge >= 0.3 is 0 Å². The van der Waals surface area contributed by atoms with Crippen LogP contribution in [-0.4, -0.2) is 45.5 Å². The van der Waals surface area contributed by atoms with Crippen LogP contribution in [0.15, 0.2) is 65.7 Å². The molecule has 0 bridgehead atoms. The Kier molecular flexibility index (Phi) is 8.03. The average molecular weight is 632 g/mol. The molecule has 2 heterocycles. The Morgan fingerprint density at radius 3 is 2.57 bits per heavy atom. The zero-order valence-corrected chi connectivity index (χ0v) is 22.0. The number of imide groups is 1. The third-order valence-electron chi connectivity index (χ3n) is 4.93. The number of nitro groups is 1. The molecule has 0 radical (unpaired) electrons. The Morgan fingerprint density at radius 1 is 1.16 bits per heavy atom. The largest absolute Gasteiger partial charge is 0.493 e.